The molecule has 18 heavy (non-hydrogen) atoms. The maximum Gasteiger partial charge on any atom is 0.0759 e. The second-order valence-corrected chi connectivity index (χ2v) is 5.64. The average molecular weight is 249 g/mol. The Hall–Kier alpha value is -1.03. The van der Waals surface area contributed by atoms with Crippen LogP contribution in [0.4, 0.5) is 5.69 Å². The van der Waals surface area contributed by atoms with Crippen LogP contribution in [-0.2, 0) is 4.74 Å². The maximum atomic E-state index is 5.59. The zero-order chi connectivity index (χ0) is 12.5. The number of ether oxygens (including phenoxy) is 1. The fraction of sp³-hybridized carbons (Fsp3) is 0.786. The molecule has 100 valence electrons. The van der Waals surface area contributed by atoms with Gasteiger partial charge in [-0.1, -0.05) is 12.8 Å². The zero-order valence-corrected chi connectivity index (χ0v) is 11.4. The number of rotatable bonds is 3. The summed E-state index contributed by atoms with van der Waals surface area (Å²) >= 11 is 0. The van der Waals surface area contributed by atoms with Gasteiger partial charge >= 0.3 is 0 Å². The van der Waals surface area contributed by atoms with Crippen LogP contribution < -0.4 is 5.32 Å². The van der Waals surface area contributed by atoms with Gasteiger partial charge in [0.1, 0.15) is 0 Å². The van der Waals surface area contributed by atoms with Crippen LogP contribution in [0.2, 0.25) is 0 Å². The molecular weight excluding hydrogens is 226 g/mol. The summed E-state index contributed by atoms with van der Waals surface area (Å²) in [6.45, 7) is 5.18. The summed E-state index contributed by atoms with van der Waals surface area (Å²) in [6.07, 6.45) is 8.64. The molecule has 3 rings (SSSR count). The molecule has 4 heteroatoms. The van der Waals surface area contributed by atoms with Crippen LogP contribution >= 0.6 is 0 Å². The Labute approximate surface area is 109 Å². The molecule has 0 radical (unpaired) electrons. The van der Waals surface area contributed by atoms with E-state index in [2.05, 4.69) is 28.9 Å². The standard InChI is InChI=1S/C14H23N3O/c1-10-14(16-13-7-8-18-11(13)2)9-15-17(10)12-5-3-4-6-12/h9,11-13,16H,3-8H2,1-2H3/t11-,13+/m0/s1. The smallest absolute Gasteiger partial charge is 0.0759 e. The molecule has 0 spiro atoms. The van der Waals surface area contributed by atoms with E-state index in [1.807, 2.05) is 6.20 Å². The van der Waals surface area contributed by atoms with Crippen LogP contribution in [0.1, 0.15) is 50.8 Å². The Kier molecular flexibility index (Phi) is 3.29. The van der Waals surface area contributed by atoms with Crippen LogP contribution in [0.15, 0.2) is 6.20 Å². The van der Waals surface area contributed by atoms with Gasteiger partial charge in [-0.25, -0.2) is 0 Å². The monoisotopic (exact) mass is 249 g/mol. The van der Waals surface area contributed by atoms with Crippen molar-refractivity contribution in [2.24, 2.45) is 0 Å². The SMILES string of the molecule is Cc1c(N[C@@H]2CCO[C@H]2C)cnn1C1CCCC1. The van der Waals surface area contributed by atoms with Crippen molar-refractivity contribution in [2.75, 3.05) is 11.9 Å². The van der Waals surface area contributed by atoms with E-state index >= 15 is 0 Å². The normalized spacial score (nSPS) is 29.0. The molecule has 1 saturated heterocycles. The summed E-state index contributed by atoms with van der Waals surface area (Å²) in [6, 6.07) is 1.06. The fourth-order valence-corrected chi connectivity index (χ4v) is 3.20. The molecule has 0 amide bonds. The van der Waals surface area contributed by atoms with Gasteiger partial charge in [0.15, 0.2) is 0 Å². The third kappa shape index (κ3) is 2.14. The molecule has 2 heterocycles. The van der Waals surface area contributed by atoms with Crippen molar-refractivity contribution < 1.29 is 4.74 Å². The number of hydrogen-bond donors (Lipinski definition) is 1. The Morgan fingerprint density at radius 3 is 2.78 bits per heavy atom. The van der Waals surface area contributed by atoms with E-state index < -0.39 is 0 Å². The highest BCUT2D eigenvalue weighted by Gasteiger charge is 2.26. The minimum atomic E-state index is 0.305. The molecule has 2 atom stereocenters. The summed E-state index contributed by atoms with van der Waals surface area (Å²) in [5.41, 5.74) is 2.46. The van der Waals surface area contributed by atoms with Gasteiger partial charge in [0, 0.05) is 6.61 Å². The molecule has 0 unspecified atom stereocenters. The highest BCUT2D eigenvalue weighted by atomic mass is 16.5. The van der Waals surface area contributed by atoms with E-state index in [9.17, 15) is 0 Å². The predicted octanol–water partition coefficient (Wildman–Crippen LogP) is 2.90. The second-order valence-electron chi connectivity index (χ2n) is 5.64. The van der Waals surface area contributed by atoms with Crippen LogP contribution in [0, 0.1) is 6.92 Å². The summed E-state index contributed by atoms with van der Waals surface area (Å²) in [7, 11) is 0. The van der Waals surface area contributed by atoms with Gasteiger partial charge in [-0.05, 0) is 33.1 Å². The molecular formula is C14H23N3O. The molecule has 1 aromatic heterocycles. The molecule has 1 aliphatic heterocycles. The molecule has 1 N–H and O–H groups in total. The van der Waals surface area contributed by atoms with Crippen LogP contribution in [0.5, 0.6) is 0 Å². The minimum absolute atomic E-state index is 0.305. The number of anilines is 1. The van der Waals surface area contributed by atoms with Gasteiger partial charge in [-0.2, -0.15) is 5.10 Å². The number of nitrogens with zero attached hydrogens (tertiary/aromatic N) is 2. The Morgan fingerprint density at radius 1 is 1.33 bits per heavy atom. The van der Waals surface area contributed by atoms with E-state index in [4.69, 9.17) is 4.74 Å². The van der Waals surface area contributed by atoms with Gasteiger partial charge in [0.25, 0.3) is 0 Å². The lowest BCUT2D eigenvalue weighted by atomic mass is 10.1. The lowest BCUT2D eigenvalue weighted by Gasteiger charge is -2.18. The number of nitrogens with one attached hydrogen (secondary N) is 1. The summed E-state index contributed by atoms with van der Waals surface area (Å²) in [4.78, 5) is 0. The molecule has 0 bridgehead atoms. The van der Waals surface area contributed by atoms with Crippen molar-refractivity contribution in [3.8, 4) is 0 Å². The molecule has 2 fully saturated rings. The van der Waals surface area contributed by atoms with Gasteiger partial charge in [0.05, 0.1) is 35.8 Å². The summed E-state index contributed by atoms with van der Waals surface area (Å²) in [5, 5.41) is 8.17. The van der Waals surface area contributed by atoms with Gasteiger partial charge in [-0.3, -0.25) is 4.68 Å². The molecule has 1 saturated carbocycles. The maximum absolute atomic E-state index is 5.59. The first-order chi connectivity index (χ1) is 8.75. The third-order valence-corrected chi connectivity index (χ3v) is 4.43. The Morgan fingerprint density at radius 2 is 2.11 bits per heavy atom. The third-order valence-electron chi connectivity index (χ3n) is 4.43. The van der Waals surface area contributed by atoms with Crippen molar-refractivity contribution in [1.29, 1.82) is 0 Å². The van der Waals surface area contributed by atoms with E-state index in [-0.39, 0.29) is 0 Å². The highest BCUT2D eigenvalue weighted by molar-refractivity contribution is 5.47. The molecule has 1 aromatic rings. The van der Waals surface area contributed by atoms with E-state index in [0.717, 1.165) is 13.0 Å². The van der Waals surface area contributed by atoms with Crippen molar-refractivity contribution in [1.82, 2.24) is 9.78 Å². The van der Waals surface area contributed by atoms with Crippen LogP contribution in [0.3, 0.4) is 0 Å². The lowest BCUT2D eigenvalue weighted by Crippen LogP contribution is -2.26. The first kappa shape index (κ1) is 12.0. The molecule has 0 aromatic carbocycles. The fourth-order valence-electron chi connectivity index (χ4n) is 3.20. The summed E-state index contributed by atoms with van der Waals surface area (Å²) < 4.78 is 7.81. The van der Waals surface area contributed by atoms with E-state index in [0.29, 0.717) is 18.2 Å². The molecule has 2 aliphatic rings. The van der Waals surface area contributed by atoms with Crippen LogP contribution in [0.25, 0.3) is 0 Å². The van der Waals surface area contributed by atoms with Crippen molar-refractivity contribution in [2.45, 2.75) is 64.1 Å². The van der Waals surface area contributed by atoms with Crippen molar-refractivity contribution >= 4 is 5.69 Å². The molecule has 1 aliphatic carbocycles. The topological polar surface area (TPSA) is 39.1 Å². The van der Waals surface area contributed by atoms with Gasteiger partial charge in [0.2, 0.25) is 0 Å². The summed E-state index contributed by atoms with van der Waals surface area (Å²) in [5.74, 6) is 0. The lowest BCUT2D eigenvalue weighted by molar-refractivity contribution is 0.121. The predicted molar refractivity (Wildman–Crippen MR) is 71.9 cm³/mol. The molecule has 4 nitrogen and oxygen atoms in total. The van der Waals surface area contributed by atoms with Crippen molar-refractivity contribution in [3.63, 3.8) is 0 Å². The first-order valence-corrected chi connectivity index (χ1v) is 7.18. The van der Waals surface area contributed by atoms with E-state index in [1.54, 1.807) is 0 Å². The highest BCUT2D eigenvalue weighted by Crippen LogP contribution is 2.32. The van der Waals surface area contributed by atoms with Crippen LogP contribution in [-0.4, -0.2) is 28.5 Å². The number of hydrogen-bond acceptors (Lipinski definition) is 3. The first-order valence-electron chi connectivity index (χ1n) is 7.18. The van der Waals surface area contributed by atoms with Gasteiger partial charge in [-0.15, -0.1) is 0 Å². The largest absolute Gasteiger partial charge is 0.377 e. The van der Waals surface area contributed by atoms with Crippen molar-refractivity contribution in [3.05, 3.63) is 11.9 Å². The number of aromatic nitrogens is 2. The zero-order valence-electron chi connectivity index (χ0n) is 11.4. The second kappa shape index (κ2) is 4.92. The van der Waals surface area contributed by atoms with E-state index in [1.165, 1.54) is 37.1 Å². The Bertz CT molecular complexity index is 409. The Balaban J connectivity index is 1.72. The quantitative estimate of drug-likeness (QED) is 0.895. The average Bonchev–Trinajstić information content (AvgIpc) is 3.05. The van der Waals surface area contributed by atoms with Gasteiger partial charge < -0.3 is 10.1 Å². The minimum Gasteiger partial charge on any atom is -0.377 e.